The molecule has 0 atom stereocenters. The first-order valence-electron chi connectivity index (χ1n) is 6.86. The Morgan fingerprint density at radius 1 is 1.43 bits per heavy atom. The minimum atomic E-state index is -0.635. The number of amides is 4. The van der Waals surface area contributed by atoms with Gasteiger partial charge in [0.15, 0.2) is 0 Å². The molecule has 9 heteroatoms. The molecule has 0 unspecified atom stereocenters. The summed E-state index contributed by atoms with van der Waals surface area (Å²) in [6.45, 7) is 3.67. The summed E-state index contributed by atoms with van der Waals surface area (Å²) in [7, 11) is 1.56. The van der Waals surface area contributed by atoms with E-state index in [4.69, 9.17) is 4.74 Å². The van der Waals surface area contributed by atoms with Gasteiger partial charge in [-0.1, -0.05) is 12.1 Å². The molecule has 0 radical (unpaired) electrons. The van der Waals surface area contributed by atoms with Crippen molar-refractivity contribution in [3.63, 3.8) is 0 Å². The number of rotatable bonds is 4. The van der Waals surface area contributed by atoms with E-state index in [-0.39, 0.29) is 6.54 Å². The molecule has 0 fully saturated rings. The van der Waals surface area contributed by atoms with Crippen molar-refractivity contribution >= 4 is 23.5 Å². The molecule has 1 aliphatic rings. The van der Waals surface area contributed by atoms with E-state index in [0.29, 0.717) is 17.2 Å². The summed E-state index contributed by atoms with van der Waals surface area (Å²) in [5, 5.41) is 8.86. The molecule has 9 nitrogen and oxygen atoms in total. The van der Waals surface area contributed by atoms with Gasteiger partial charge in [0.25, 0.3) is 0 Å². The third kappa shape index (κ3) is 4.19. The van der Waals surface area contributed by atoms with Crippen LogP contribution in [0.1, 0.15) is 19.4 Å². The molecule has 0 saturated heterocycles. The summed E-state index contributed by atoms with van der Waals surface area (Å²) >= 11 is 0. The second-order valence-corrected chi connectivity index (χ2v) is 4.80. The molecule has 2 rings (SSSR count). The van der Waals surface area contributed by atoms with E-state index in [0.717, 1.165) is 10.6 Å². The Kier molecular flexibility index (Phi) is 5.13. The quantitative estimate of drug-likeness (QED) is 0.570. The molecule has 4 amide bonds. The predicted octanol–water partition coefficient (Wildman–Crippen LogP) is 1.03. The maximum Gasteiger partial charge on any atom is 0.356 e. The lowest BCUT2D eigenvalue weighted by Crippen LogP contribution is -2.56. The van der Waals surface area contributed by atoms with E-state index in [1.807, 2.05) is 18.2 Å². The highest BCUT2D eigenvalue weighted by atomic mass is 16.5. The van der Waals surface area contributed by atoms with Gasteiger partial charge in [-0.2, -0.15) is 10.2 Å². The number of hydrogen-bond acceptors (Lipinski definition) is 5. The van der Waals surface area contributed by atoms with Crippen molar-refractivity contribution < 1.29 is 14.3 Å². The highest BCUT2D eigenvalue weighted by molar-refractivity contribution is 6.01. The highest BCUT2D eigenvalue weighted by Gasteiger charge is 2.20. The second-order valence-electron chi connectivity index (χ2n) is 4.80. The Hall–Kier alpha value is -3.10. The van der Waals surface area contributed by atoms with Gasteiger partial charge in [0.1, 0.15) is 5.75 Å². The number of nitrogens with one attached hydrogen (secondary N) is 3. The van der Waals surface area contributed by atoms with Crippen LogP contribution in [0.5, 0.6) is 5.75 Å². The first kappa shape index (κ1) is 16.3. The molecule has 122 valence electrons. The Balaban J connectivity index is 1.98. The van der Waals surface area contributed by atoms with Gasteiger partial charge in [-0.15, -0.1) is 0 Å². The normalized spacial score (nSPS) is 14.7. The minimum Gasteiger partial charge on any atom is -0.496 e. The average molecular weight is 318 g/mol. The molecule has 1 aromatic carbocycles. The topological polar surface area (TPSA) is 107 Å². The Morgan fingerprint density at radius 3 is 2.91 bits per heavy atom. The van der Waals surface area contributed by atoms with Crippen LogP contribution in [0.3, 0.4) is 0 Å². The van der Waals surface area contributed by atoms with Crippen LogP contribution < -0.4 is 21.0 Å². The van der Waals surface area contributed by atoms with Gasteiger partial charge >= 0.3 is 12.1 Å². The number of carbonyl (C=O) groups is 2. The van der Waals surface area contributed by atoms with E-state index in [1.54, 1.807) is 27.0 Å². The zero-order valence-corrected chi connectivity index (χ0v) is 13.1. The lowest BCUT2D eigenvalue weighted by atomic mass is 10.1. The molecule has 1 heterocycles. The summed E-state index contributed by atoms with van der Waals surface area (Å²) in [6.07, 6.45) is 0. The number of carbonyl (C=O) groups excluding carboxylic acids is 2. The molecule has 0 bridgehead atoms. The summed E-state index contributed by atoms with van der Waals surface area (Å²) in [4.78, 5) is 23.4. The monoisotopic (exact) mass is 318 g/mol. The van der Waals surface area contributed by atoms with E-state index in [2.05, 4.69) is 26.5 Å². The number of hydrazine groups is 1. The van der Waals surface area contributed by atoms with Crippen molar-refractivity contribution in [1.82, 2.24) is 21.3 Å². The molecule has 0 aliphatic carbocycles. The van der Waals surface area contributed by atoms with Crippen molar-refractivity contribution in [2.24, 2.45) is 10.2 Å². The highest BCUT2D eigenvalue weighted by Crippen LogP contribution is 2.17. The number of methoxy groups -OCH3 is 1. The van der Waals surface area contributed by atoms with E-state index >= 15 is 0 Å². The number of urea groups is 2. The van der Waals surface area contributed by atoms with Crippen molar-refractivity contribution in [2.75, 3.05) is 13.7 Å². The Labute approximate surface area is 133 Å². The van der Waals surface area contributed by atoms with Gasteiger partial charge in [0.05, 0.1) is 25.1 Å². The summed E-state index contributed by atoms with van der Waals surface area (Å²) in [6, 6.07) is 6.16. The van der Waals surface area contributed by atoms with Crippen molar-refractivity contribution in [3.8, 4) is 5.75 Å². The Morgan fingerprint density at radius 2 is 2.17 bits per heavy atom. The largest absolute Gasteiger partial charge is 0.496 e. The maximum absolute atomic E-state index is 11.8. The molecular weight excluding hydrogens is 300 g/mol. The van der Waals surface area contributed by atoms with Crippen LogP contribution in [0.15, 0.2) is 34.5 Å². The van der Waals surface area contributed by atoms with Crippen molar-refractivity contribution in [2.45, 2.75) is 13.8 Å². The number of nitrogens with zero attached hydrogens (tertiary/aromatic N) is 3. The number of hydrogen-bond donors (Lipinski definition) is 3. The fourth-order valence-corrected chi connectivity index (χ4v) is 1.92. The van der Waals surface area contributed by atoms with Gasteiger partial charge in [0, 0.05) is 5.56 Å². The minimum absolute atomic E-state index is 0.203. The van der Waals surface area contributed by atoms with Crippen LogP contribution >= 0.6 is 0 Å². The first-order valence-corrected chi connectivity index (χ1v) is 6.86. The SMILES string of the molecule is COc1ccccc1/C(C)=N/NC(=O)NN1CC(C)=NNC1=O. The molecular formula is C14H18N6O3. The van der Waals surface area contributed by atoms with Gasteiger partial charge in [-0.3, -0.25) is 0 Å². The van der Waals surface area contributed by atoms with Crippen LogP contribution in [0.4, 0.5) is 9.59 Å². The third-order valence-electron chi connectivity index (χ3n) is 3.03. The summed E-state index contributed by atoms with van der Waals surface area (Å²) in [5.41, 5.74) is 8.99. The molecule has 1 aliphatic heterocycles. The number of ether oxygens (including phenoxy) is 1. The van der Waals surface area contributed by atoms with Crippen LogP contribution in [-0.4, -0.2) is 42.1 Å². The zero-order valence-electron chi connectivity index (χ0n) is 13.1. The van der Waals surface area contributed by atoms with Gasteiger partial charge in [0.2, 0.25) is 0 Å². The van der Waals surface area contributed by atoms with Gasteiger partial charge in [-0.25, -0.2) is 30.9 Å². The maximum atomic E-state index is 11.8. The molecule has 0 spiro atoms. The molecule has 1 aromatic rings. The first-order chi connectivity index (χ1) is 11.0. The predicted molar refractivity (Wildman–Crippen MR) is 85.2 cm³/mol. The van der Waals surface area contributed by atoms with Gasteiger partial charge in [-0.05, 0) is 26.0 Å². The standard InChI is InChI=1S/C14H18N6O3/c1-9-8-20(14(22)18-15-9)19-13(21)17-16-10(2)11-6-4-5-7-12(11)23-3/h4-7H,8H2,1-3H3,(H,18,22)(H2,17,19,21)/b16-10+. The summed E-state index contributed by atoms with van der Waals surface area (Å²) < 4.78 is 5.24. The lowest BCUT2D eigenvalue weighted by molar-refractivity contribution is 0.173. The molecule has 23 heavy (non-hydrogen) atoms. The third-order valence-corrected chi connectivity index (χ3v) is 3.03. The number of benzene rings is 1. The van der Waals surface area contributed by atoms with Crippen LogP contribution in [0, 0.1) is 0 Å². The fraction of sp³-hybridized carbons (Fsp3) is 0.286. The van der Waals surface area contributed by atoms with Crippen molar-refractivity contribution in [1.29, 1.82) is 0 Å². The zero-order chi connectivity index (χ0) is 16.8. The summed E-state index contributed by atoms with van der Waals surface area (Å²) in [5.74, 6) is 0.651. The smallest absolute Gasteiger partial charge is 0.356 e. The lowest BCUT2D eigenvalue weighted by Gasteiger charge is -2.25. The van der Waals surface area contributed by atoms with E-state index in [1.165, 1.54) is 0 Å². The van der Waals surface area contributed by atoms with Gasteiger partial charge < -0.3 is 4.74 Å². The molecule has 0 saturated carbocycles. The number of para-hydroxylation sites is 1. The Bertz CT molecular complexity index is 670. The molecule has 3 N–H and O–H groups in total. The second kappa shape index (κ2) is 7.25. The number of hydrazone groups is 2. The molecule has 0 aromatic heterocycles. The fourth-order valence-electron chi connectivity index (χ4n) is 1.92. The van der Waals surface area contributed by atoms with E-state index < -0.39 is 12.1 Å². The van der Waals surface area contributed by atoms with Crippen LogP contribution in [0.25, 0.3) is 0 Å². The van der Waals surface area contributed by atoms with E-state index in [9.17, 15) is 9.59 Å². The van der Waals surface area contributed by atoms with Crippen molar-refractivity contribution in [3.05, 3.63) is 29.8 Å². The van der Waals surface area contributed by atoms with Crippen LogP contribution in [-0.2, 0) is 0 Å². The van der Waals surface area contributed by atoms with Crippen LogP contribution in [0.2, 0.25) is 0 Å². The average Bonchev–Trinajstić information content (AvgIpc) is 2.56.